The second kappa shape index (κ2) is 4.17. The average Bonchev–Trinajstić information content (AvgIpc) is 2.87. The maximum Gasteiger partial charge on any atom is 0.135 e. The third kappa shape index (κ3) is 2.47. The minimum atomic E-state index is 0.0376. The van der Waals surface area contributed by atoms with Crippen LogP contribution in [0.15, 0.2) is 16.7 Å². The molecule has 76 valence electrons. The Morgan fingerprint density at radius 2 is 2.29 bits per heavy atom. The van der Waals surface area contributed by atoms with Gasteiger partial charge in [0.05, 0.1) is 0 Å². The zero-order chi connectivity index (χ0) is 10.1. The number of hydrogen-bond donors (Lipinski definition) is 1. The molecule has 0 amide bonds. The van der Waals surface area contributed by atoms with E-state index in [9.17, 15) is 0 Å². The SMILES string of the molecule is NC(CC1CC1)c1ccc(Br)nc1Cl. The molecule has 0 bridgehead atoms. The summed E-state index contributed by atoms with van der Waals surface area (Å²) in [6.45, 7) is 0. The van der Waals surface area contributed by atoms with E-state index in [1.54, 1.807) is 0 Å². The summed E-state index contributed by atoms with van der Waals surface area (Å²) >= 11 is 9.28. The van der Waals surface area contributed by atoms with Crippen molar-refractivity contribution < 1.29 is 0 Å². The fourth-order valence-electron chi connectivity index (χ4n) is 1.54. The van der Waals surface area contributed by atoms with Gasteiger partial charge in [-0.2, -0.15) is 0 Å². The molecule has 1 aliphatic carbocycles. The quantitative estimate of drug-likeness (QED) is 0.860. The summed E-state index contributed by atoms with van der Waals surface area (Å²) in [5, 5.41) is 0.521. The molecule has 1 aromatic rings. The van der Waals surface area contributed by atoms with Crippen LogP contribution in [0.4, 0.5) is 0 Å². The molecule has 0 radical (unpaired) electrons. The van der Waals surface area contributed by atoms with Crippen LogP contribution in [0.5, 0.6) is 0 Å². The van der Waals surface area contributed by atoms with E-state index in [4.69, 9.17) is 17.3 Å². The molecule has 1 aromatic heterocycles. The fraction of sp³-hybridized carbons (Fsp3) is 0.500. The number of nitrogens with two attached hydrogens (primary N) is 1. The van der Waals surface area contributed by atoms with Crippen molar-refractivity contribution in [2.24, 2.45) is 11.7 Å². The third-order valence-corrected chi connectivity index (χ3v) is 3.27. The zero-order valence-electron chi connectivity index (χ0n) is 7.71. The molecule has 0 aromatic carbocycles. The van der Waals surface area contributed by atoms with Crippen molar-refractivity contribution in [2.45, 2.75) is 25.3 Å². The second-order valence-corrected chi connectivity index (χ2v) is 4.97. The normalized spacial score (nSPS) is 18.2. The Morgan fingerprint density at radius 1 is 1.57 bits per heavy atom. The van der Waals surface area contributed by atoms with Gasteiger partial charge in [0.2, 0.25) is 0 Å². The molecule has 1 unspecified atom stereocenters. The maximum atomic E-state index is 6.05. The van der Waals surface area contributed by atoms with Gasteiger partial charge in [-0.15, -0.1) is 0 Å². The van der Waals surface area contributed by atoms with Crippen LogP contribution >= 0.6 is 27.5 Å². The van der Waals surface area contributed by atoms with Gasteiger partial charge in [0.25, 0.3) is 0 Å². The molecular formula is C10H12BrClN2. The summed E-state index contributed by atoms with van der Waals surface area (Å²) in [5.41, 5.74) is 7.01. The molecule has 2 rings (SSSR count). The topological polar surface area (TPSA) is 38.9 Å². The van der Waals surface area contributed by atoms with Crippen LogP contribution in [0.2, 0.25) is 5.15 Å². The van der Waals surface area contributed by atoms with Crippen LogP contribution < -0.4 is 5.73 Å². The van der Waals surface area contributed by atoms with Gasteiger partial charge in [0.15, 0.2) is 0 Å². The van der Waals surface area contributed by atoms with Crippen molar-refractivity contribution in [3.05, 3.63) is 27.5 Å². The monoisotopic (exact) mass is 274 g/mol. The molecule has 2 nitrogen and oxygen atoms in total. The summed E-state index contributed by atoms with van der Waals surface area (Å²) in [6.07, 6.45) is 3.66. The van der Waals surface area contributed by atoms with Crippen molar-refractivity contribution in [2.75, 3.05) is 0 Å². The van der Waals surface area contributed by atoms with Gasteiger partial charge >= 0.3 is 0 Å². The lowest BCUT2D eigenvalue weighted by atomic mass is 10.0. The summed E-state index contributed by atoms with van der Waals surface area (Å²) in [5.74, 6) is 0.810. The number of nitrogens with zero attached hydrogens (tertiary/aromatic N) is 1. The highest BCUT2D eigenvalue weighted by molar-refractivity contribution is 9.10. The van der Waals surface area contributed by atoms with Crippen LogP contribution in [0.1, 0.15) is 30.9 Å². The lowest BCUT2D eigenvalue weighted by molar-refractivity contribution is 0.595. The predicted molar refractivity (Wildman–Crippen MR) is 61.2 cm³/mol. The van der Waals surface area contributed by atoms with Gasteiger partial charge in [-0.25, -0.2) is 4.98 Å². The smallest absolute Gasteiger partial charge is 0.135 e. The second-order valence-electron chi connectivity index (χ2n) is 3.80. The molecule has 1 heterocycles. The van der Waals surface area contributed by atoms with Crippen molar-refractivity contribution in [3.8, 4) is 0 Å². The molecule has 0 saturated heterocycles. The van der Waals surface area contributed by atoms with E-state index in [2.05, 4.69) is 20.9 Å². The van der Waals surface area contributed by atoms with Gasteiger partial charge in [-0.3, -0.25) is 0 Å². The first-order valence-corrected chi connectivity index (χ1v) is 5.91. The van der Waals surface area contributed by atoms with E-state index < -0.39 is 0 Å². The van der Waals surface area contributed by atoms with Gasteiger partial charge in [-0.05, 0) is 34.3 Å². The molecule has 14 heavy (non-hydrogen) atoms. The summed E-state index contributed by atoms with van der Waals surface area (Å²) in [7, 11) is 0. The first kappa shape index (κ1) is 10.4. The lowest BCUT2D eigenvalue weighted by Gasteiger charge is -2.12. The molecule has 1 atom stereocenters. The van der Waals surface area contributed by atoms with E-state index in [0.717, 1.165) is 22.5 Å². The van der Waals surface area contributed by atoms with Gasteiger partial charge in [-0.1, -0.05) is 30.5 Å². The number of aromatic nitrogens is 1. The Labute approximate surface area is 97.0 Å². The van der Waals surface area contributed by atoms with Crippen LogP contribution in [-0.4, -0.2) is 4.98 Å². The minimum Gasteiger partial charge on any atom is -0.324 e. The summed E-state index contributed by atoms with van der Waals surface area (Å²) in [4.78, 5) is 4.12. The highest BCUT2D eigenvalue weighted by atomic mass is 79.9. The summed E-state index contributed by atoms with van der Waals surface area (Å²) < 4.78 is 0.755. The first-order valence-electron chi connectivity index (χ1n) is 4.74. The van der Waals surface area contributed by atoms with E-state index in [-0.39, 0.29) is 6.04 Å². The lowest BCUT2D eigenvalue weighted by Crippen LogP contribution is -2.12. The van der Waals surface area contributed by atoms with Crippen LogP contribution in [0, 0.1) is 5.92 Å². The molecule has 1 aliphatic rings. The van der Waals surface area contributed by atoms with E-state index in [0.29, 0.717) is 5.15 Å². The van der Waals surface area contributed by atoms with Crippen molar-refractivity contribution in [1.82, 2.24) is 4.98 Å². The zero-order valence-corrected chi connectivity index (χ0v) is 10.1. The van der Waals surface area contributed by atoms with Crippen molar-refractivity contribution in [3.63, 3.8) is 0 Å². The fourth-order valence-corrected chi connectivity index (χ4v) is 2.24. The molecular weight excluding hydrogens is 263 g/mol. The van der Waals surface area contributed by atoms with Gasteiger partial charge in [0, 0.05) is 11.6 Å². The maximum absolute atomic E-state index is 6.05. The summed E-state index contributed by atoms with van der Waals surface area (Å²) in [6, 6.07) is 3.87. The Hall–Kier alpha value is -0.120. The van der Waals surface area contributed by atoms with Crippen molar-refractivity contribution >= 4 is 27.5 Å². The van der Waals surface area contributed by atoms with E-state index in [1.165, 1.54) is 12.8 Å². The Bertz CT molecular complexity index is 339. The number of pyridine rings is 1. The third-order valence-electron chi connectivity index (χ3n) is 2.53. The standard InChI is InChI=1S/C10H12BrClN2/c11-9-4-3-7(10(12)14-9)8(13)5-6-1-2-6/h3-4,6,8H,1-2,5,13H2. The van der Waals surface area contributed by atoms with Crippen LogP contribution in [-0.2, 0) is 0 Å². The van der Waals surface area contributed by atoms with Gasteiger partial charge < -0.3 is 5.73 Å². The van der Waals surface area contributed by atoms with Gasteiger partial charge in [0.1, 0.15) is 9.76 Å². The highest BCUT2D eigenvalue weighted by Gasteiger charge is 2.25. The Balaban J connectivity index is 2.13. The molecule has 2 N–H and O–H groups in total. The predicted octanol–water partition coefficient (Wildman–Crippen LogP) is 3.30. The van der Waals surface area contributed by atoms with E-state index in [1.807, 2.05) is 12.1 Å². The molecule has 1 fully saturated rings. The first-order chi connectivity index (χ1) is 6.66. The van der Waals surface area contributed by atoms with Crippen LogP contribution in [0.25, 0.3) is 0 Å². The number of rotatable bonds is 3. The Kier molecular flexibility index (Phi) is 3.10. The van der Waals surface area contributed by atoms with Crippen LogP contribution in [0.3, 0.4) is 0 Å². The molecule has 0 spiro atoms. The van der Waals surface area contributed by atoms with Crippen molar-refractivity contribution in [1.29, 1.82) is 0 Å². The number of halogens is 2. The molecule has 4 heteroatoms. The largest absolute Gasteiger partial charge is 0.324 e. The highest BCUT2D eigenvalue weighted by Crippen LogP contribution is 2.37. The minimum absolute atomic E-state index is 0.0376. The van der Waals surface area contributed by atoms with E-state index >= 15 is 0 Å². The number of hydrogen-bond acceptors (Lipinski definition) is 2. The molecule has 0 aliphatic heterocycles. The Morgan fingerprint density at radius 3 is 2.86 bits per heavy atom. The average molecular weight is 276 g/mol. The molecule has 1 saturated carbocycles.